The summed E-state index contributed by atoms with van der Waals surface area (Å²) in [5, 5.41) is 0. The lowest BCUT2D eigenvalue weighted by atomic mass is 10.2. The van der Waals surface area contributed by atoms with E-state index in [9.17, 15) is 4.79 Å². The minimum Gasteiger partial charge on any atom is -1.00 e. The molecule has 146 valence electrons. The number of nitrogens with zero attached hydrogens (tertiary/aromatic N) is 3. The fourth-order valence-corrected chi connectivity index (χ4v) is 3.40. The number of aromatic nitrogens is 1. The SMILES string of the molecule is COc1ccccc1N1CCN(C(=O)CCCC[n+]2ccccc2)CC1.[Br-]. The number of rotatable bonds is 7. The zero-order chi connectivity index (χ0) is 18.2. The molecule has 5 nitrogen and oxygen atoms in total. The van der Waals surface area contributed by atoms with Gasteiger partial charge in [0.1, 0.15) is 12.3 Å². The number of hydrogen-bond acceptors (Lipinski definition) is 3. The molecule has 0 radical (unpaired) electrons. The highest BCUT2D eigenvalue weighted by Gasteiger charge is 2.22. The number of unbranched alkanes of at least 4 members (excludes halogenated alkanes) is 1. The summed E-state index contributed by atoms with van der Waals surface area (Å²) in [6.45, 7) is 4.24. The van der Waals surface area contributed by atoms with Crippen LogP contribution in [0.25, 0.3) is 0 Å². The molecule has 0 spiro atoms. The molecule has 0 bridgehead atoms. The third kappa shape index (κ3) is 5.96. The van der Waals surface area contributed by atoms with Gasteiger partial charge < -0.3 is 31.5 Å². The summed E-state index contributed by atoms with van der Waals surface area (Å²) in [5.41, 5.74) is 1.11. The molecule has 1 aromatic heterocycles. The van der Waals surface area contributed by atoms with Gasteiger partial charge in [-0.2, -0.15) is 0 Å². The molecule has 3 rings (SSSR count). The molecule has 2 aromatic rings. The molecule has 2 heterocycles. The van der Waals surface area contributed by atoms with Gasteiger partial charge in [-0.05, 0) is 18.6 Å². The third-order valence-electron chi connectivity index (χ3n) is 4.89. The maximum Gasteiger partial charge on any atom is 0.222 e. The van der Waals surface area contributed by atoms with Gasteiger partial charge in [0.05, 0.1) is 12.8 Å². The van der Waals surface area contributed by atoms with Crippen LogP contribution in [0.2, 0.25) is 0 Å². The Bertz CT molecular complexity index is 704. The number of methoxy groups -OCH3 is 1. The minimum atomic E-state index is 0. The van der Waals surface area contributed by atoms with Crippen molar-refractivity contribution < 1.29 is 31.1 Å². The number of anilines is 1. The number of amides is 1. The first kappa shape index (κ1) is 21.2. The summed E-state index contributed by atoms with van der Waals surface area (Å²) in [6.07, 6.45) is 6.74. The molecule has 27 heavy (non-hydrogen) atoms. The van der Waals surface area contributed by atoms with Gasteiger partial charge in [-0.1, -0.05) is 18.2 Å². The quantitative estimate of drug-likeness (QED) is 0.436. The zero-order valence-electron chi connectivity index (χ0n) is 15.9. The maximum absolute atomic E-state index is 12.5. The van der Waals surface area contributed by atoms with Crippen molar-refractivity contribution in [3.63, 3.8) is 0 Å². The van der Waals surface area contributed by atoms with Crippen LogP contribution in [0.5, 0.6) is 5.75 Å². The lowest BCUT2D eigenvalue weighted by molar-refractivity contribution is -0.697. The number of hydrogen-bond donors (Lipinski definition) is 0. The minimum absolute atomic E-state index is 0. The molecular weight excluding hydrogens is 406 g/mol. The standard InChI is InChI=1S/C21H28N3O2.BrH/c1-26-20-10-4-3-9-19(20)23-15-17-24(18-16-23)21(25)11-5-8-14-22-12-6-2-7-13-22;/h2-4,6-7,9-10,12-13H,5,8,11,14-18H2,1H3;1H/q+1;/p-1. The Morgan fingerprint density at radius 2 is 1.70 bits per heavy atom. The fourth-order valence-electron chi connectivity index (χ4n) is 3.40. The van der Waals surface area contributed by atoms with Gasteiger partial charge in [-0.25, -0.2) is 4.57 Å². The van der Waals surface area contributed by atoms with Crippen LogP contribution in [-0.4, -0.2) is 44.1 Å². The van der Waals surface area contributed by atoms with E-state index in [-0.39, 0.29) is 22.9 Å². The summed E-state index contributed by atoms with van der Waals surface area (Å²) in [6, 6.07) is 14.2. The molecule has 1 saturated heterocycles. The monoisotopic (exact) mass is 433 g/mol. The Hall–Kier alpha value is -2.08. The highest BCUT2D eigenvalue weighted by molar-refractivity contribution is 5.76. The number of piperazine rings is 1. The van der Waals surface area contributed by atoms with Gasteiger partial charge in [0.25, 0.3) is 0 Å². The number of halogens is 1. The van der Waals surface area contributed by atoms with Gasteiger partial charge in [-0.3, -0.25) is 4.79 Å². The van der Waals surface area contributed by atoms with E-state index in [1.165, 1.54) is 0 Å². The van der Waals surface area contributed by atoms with E-state index >= 15 is 0 Å². The number of aryl methyl sites for hydroxylation is 1. The first-order valence-corrected chi connectivity index (χ1v) is 9.38. The van der Waals surface area contributed by atoms with Crippen molar-refractivity contribution in [2.75, 3.05) is 38.2 Å². The van der Waals surface area contributed by atoms with Gasteiger partial charge in [0.15, 0.2) is 12.4 Å². The number of para-hydroxylation sites is 2. The normalized spacial score (nSPS) is 13.8. The Balaban J connectivity index is 0.00000261. The van der Waals surface area contributed by atoms with E-state index in [4.69, 9.17) is 4.74 Å². The van der Waals surface area contributed by atoms with Gasteiger partial charge in [-0.15, -0.1) is 0 Å². The van der Waals surface area contributed by atoms with Crippen molar-refractivity contribution >= 4 is 11.6 Å². The number of pyridine rings is 1. The molecule has 0 atom stereocenters. The van der Waals surface area contributed by atoms with Crippen LogP contribution in [0, 0.1) is 0 Å². The van der Waals surface area contributed by atoms with Gasteiger partial charge in [0, 0.05) is 51.2 Å². The second kappa shape index (κ2) is 10.9. The van der Waals surface area contributed by atoms with Crippen molar-refractivity contribution in [1.29, 1.82) is 0 Å². The van der Waals surface area contributed by atoms with Gasteiger partial charge >= 0.3 is 0 Å². The van der Waals surface area contributed by atoms with Crippen molar-refractivity contribution in [2.45, 2.75) is 25.8 Å². The van der Waals surface area contributed by atoms with Gasteiger partial charge in [0.2, 0.25) is 5.91 Å². The fraction of sp³-hybridized carbons (Fsp3) is 0.429. The number of benzene rings is 1. The van der Waals surface area contributed by atoms with Crippen molar-refractivity contribution in [3.8, 4) is 5.75 Å². The Morgan fingerprint density at radius 3 is 2.41 bits per heavy atom. The first-order valence-electron chi connectivity index (χ1n) is 9.38. The van der Waals surface area contributed by atoms with Crippen molar-refractivity contribution in [1.82, 2.24) is 4.90 Å². The Morgan fingerprint density at radius 1 is 1.00 bits per heavy atom. The smallest absolute Gasteiger partial charge is 0.222 e. The summed E-state index contributed by atoms with van der Waals surface area (Å²) in [5.74, 6) is 1.17. The van der Waals surface area contributed by atoms with E-state index in [1.807, 2.05) is 41.3 Å². The lowest BCUT2D eigenvalue weighted by Gasteiger charge is -2.36. The Labute approximate surface area is 172 Å². The lowest BCUT2D eigenvalue weighted by Crippen LogP contribution is -3.00. The predicted molar refractivity (Wildman–Crippen MR) is 102 cm³/mol. The van der Waals surface area contributed by atoms with Crippen LogP contribution >= 0.6 is 0 Å². The highest BCUT2D eigenvalue weighted by atomic mass is 79.9. The molecule has 1 aliphatic rings. The average molecular weight is 434 g/mol. The van der Waals surface area contributed by atoms with E-state index in [1.54, 1.807) is 7.11 Å². The van der Waals surface area contributed by atoms with Crippen LogP contribution in [0.3, 0.4) is 0 Å². The number of carbonyl (C=O) groups is 1. The summed E-state index contributed by atoms with van der Waals surface area (Å²) in [7, 11) is 1.70. The molecule has 6 heteroatoms. The summed E-state index contributed by atoms with van der Waals surface area (Å²) in [4.78, 5) is 16.8. The summed E-state index contributed by atoms with van der Waals surface area (Å²) < 4.78 is 7.61. The average Bonchev–Trinajstić information content (AvgIpc) is 2.72. The second-order valence-electron chi connectivity index (χ2n) is 6.61. The molecular formula is C21H28BrN3O2. The van der Waals surface area contributed by atoms with Crippen LogP contribution in [0.4, 0.5) is 5.69 Å². The van der Waals surface area contributed by atoms with Crippen LogP contribution < -0.4 is 31.2 Å². The molecule has 1 aliphatic heterocycles. The molecule has 0 saturated carbocycles. The molecule has 1 amide bonds. The number of carbonyl (C=O) groups excluding carboxylic acids is 1. The van der Waals surface area contributed by atoms with E-state index in [0.29, 0.717) is 6.42 Å². The maximum atomic E-state index is 12.5. The van der Waals surface area contributed by atoms with E-state index < -0.39 is 0 Å². The molecule has 1 fully saturated rings. The van der Waals surface area contributed by atoms with Crippen molar-refractivity contribution in [2.24, 2.45) is 0 Å². The molecule has 1 aromatic carbocycles. The van der Waals surface area contributed by atoms with E-state index in [0.717, 1.165) is 57.0 Å². The van der Waals surface area contributed by atoms with Crippen LogP contribution in [0.1, 0.15) is 19.3 Å². The first-order chi connectivity index (χ1) is 12.8. The summed E-state index contributed by atoms with van der Waals surface area (Å²) >= 11 is 0. The molecule has 0 aliphatic carbocycles. The number of ether oxygens (including phenoxy) is 1. The van der Waals surface area contributed by atoms with Crippen LogP contribution in [0.15, 0.2) is 54.9 Å². The second-order valence-corrected chi connectivity index (χ2v) is 6.61. The molecule has 0 N–H and O–H groups in total. The topological polar surface area (TPSA) is 36.7 Å². The third-order valence-corrected chi connectivity index (χ3v) is 4.89. The van der Waals surface area contributed by atoms with Crippen molar-refractivity contribution in [3.05, 3.63) is 54.9 Å². The van der Waals surface area contributed by atoms with Crippen LogP contribution in [-0.2, 0) is 11.3 Å². The Kier molecular flexibility index (Phi) is 8.58. The molecule has 0 unspecified atom stereocenters. The predicted octanol–water partition coefficient (Wildman–Crippen LogP) is -0.494. The highest BCUT2D eigenvalue weighted by Crippen LogP contribution is 2.28. The zero-order valence-corrected chi connectivity index (χ0v) is 17.5. The van der Waals surface area contributed by atoms with E-state index in [2.05, 4.69) is 27.9 Å². The largest absolute Gasteiger partial charge is 1.00 e.